The number of rotatable bonds is 14. The highest BCUT2D eigenvalue weighted by atomic mass is 35.5. The van der Waals surface area contributed by atoms with Gasteiger partial charge < -0.3 is 26.9 Å². The van der Waals surface area contributed by atoms with Crippen molar-refractivity contribution >= 4 is 40.2 Å². The Bertz CT molecular complexity index is 1670. The van der Waals surface area contributed by atoms with Crippen LogP contribution in [0.2, 0.25) is 5.02 Å². The van der Waals surface area contributed by atoms with E-state index in [4.69, 9.17) is 28.2 Å². The first-order valence-corrected chi connectivity index (χ1v) is 17.5. The number of aliphatic hydroxyl groups excluding tert-OH is 1. The quantitative estimate of drug-likeness (QED) is 0.0748. The van der Waals surface area contributed by atoms with E-state index in [-0.39, 0.29) is 11.1 Å². The Kier molecular flexibility index (Phi) is 14.3. The van der Waals surface area contributed by atoms with Gasteiger partial charge in [-0.1, -0.05) is 23.7 Å². The normalized spacial score (nSPS) is 14.6. The Labute approximate surface area is 284 Å². The van der Waals surface area contributed by atoms with Crippen LogP contribution in [0, 0.1) is 5.82 Å². The molecule has 3 heterocycles. The Hall–Kier alpha value is -3.26. The summed E-state index contributed by atoms with van der Waals surface area (Å²) in [5, 5.41) is 11.2. The molecule has 0 saturated carbocycles. The second kappa shape index (κ2) is 18.3. The molecule has 7 N–H and O–H groups in total. The van der Waals surface area contributed by atoms with Crippen molar-refractivity contribution in [2.75, 3.05) is 51.3 Å². The molecule has 1 fully saturated rings. The number of fused-ring (bicyclic) bond motifs is 1. The SMILES string of the molecule is CC(N)CCCc1cc(Cl)c(F)c(-c2cc3cn(-c4ccc(CNCCCN=C(N)CN5CCSCC5)cc4)c(=O)nc3[nH]2)c1.CO. The molecule has 10 nitrogen and oxygen atoms in total. The summed E-state index contributed by atoms with van der Waals surface area (Å²) >= 11 is 8.24. The second-order valence-corrected chi connectivity index (χ2v) is 13.3. The fraction of sp³-hybridized carbons (Fsp3) is 0.441. The van der Waals surface area contributed by atoms with Gasteiger partial charge in [-0.15, -0.1) is 0 Å². The molecule has 254 valence electrons. The molecule has 1 aliphatic heterocycles. The molecule has 0 aliphatic carbocycles. The maximum atomic E-state index is 15.1. The van der Waals surface area contributed by atoms with E-state index in [0.29, 0.717) is 46.9 Å². The molecule has 0 radical (unpaired) electrons. The molecule has 0 bridgehead atoms. The summed E-state index contributed by atoms with van der Waals surface area (Å²) in [6.45, 7) is 7.13. The third-order valence-electron chi connectivity index (χ3n) is 7.87. The van der Waals surface area contributed by atoms with Gasteiger partial charge in [0, 0.05) is 68.0 Å². The van der Waals surface area contributed by atoms with Crippen LogP contribution >= 0.6 is 23.4 Å². The summed E-state index contributed by atoms with van der Waals surface area (Å²) in [4.78, 5) is 27.2. The molecule has 1 atom stereocenters. The average Bonchev–Trinajstić information content (AvgIpc) is 3.48. The van der Waals surface area contributed by atoms with E-state index in [2.05, 4.69) is 25.2 Å². The predicted octanol–water partition coefficient (Wildman–Crippen LogP) is 4.34. The van der Waals surface area contributed by atoms with Crippen LogP contribution in [0.25, 0.3) is 28.0 Å². The molecule has 0 spiro atoms. The van der Waals surface area contributed by atoms with Crippen LogP contribution in [0.4, 0.5) is 4.39 Å². The number of aryl methyl sites for hydroxylation is 1. The fourth-order valence-corrected chi connectivity index (χ4v) is 6.63. The smallest absolute Gasteiger partial charge is 0.354 e. The minimum atomic E-state index is -0.511. The van der Waals surface area contributed by atoms with Crippen molar-refractivity contribution in [3.8, 4) is 16.9 Å². The number of nitrogens with zero attached hydrogens (tertiary/aromatic N) is 4. The van der Waals surface area contributed by atoms with Crippen LogP contribution in [0.3, 0.4) is 0 Å². The molecule has 1 saturated heterocycles. The first kappa shape index (κ1) is 36.6. The number of amidine groups is 1. The molecule has 1 unspecified atom stereocenters. The lowest BCUT2D eigenvalue weighted by Gasteiger charge is -2.25. The molecular formula is C34H46ClFN8O2S. The number of H-pyrrole nitrogens is 1. The van der Waals surface area contributed by atoms with E-state index in [1.807, 2.05) is 43.0 Å². The van der Waals surface area contributed by atoms with Gasteiger partial charge in [-0.05, 0) is 80.6 Å². The number of aromatic nitrogens is 3. The highest BCUT2D eigenvalue weighted by molar-refractivity contribution is 7.99. The van der Waals surface area contributed by atoms with E-state index in [1.54, 1.807) is 24.4 Å². The first-order valence-electron chi connectivity index (χ1n) is 16.0. The molecule has 2 aromatic heterocycles. The lowest BCUT2D eigenvalue weighted by molar-refractivity contribution is 0.344. The minimum Gasteiger partial charge on any atom is -0.400 e. The molecule has 4 aromatic rings. The predicted molar refractivity (Wildman–Crippen MR) is 193 cm³/mol. The highest BCUT2D eigenvalue weighted by Gasteiger charge is 2.16. The second-order valence-electron chi connectivity index (χ2n) is 11.6. The number of hydrogen-bond donors (Lipinski definition) is 5. The minimum absolute atomic E-state index is 0.0601. The molecule has 47 heavy (non-hydrogen) atoms. The van der Waals surface area contributed by atoms with Gasteiger partial charge >= 0.3 is 5.69 Å². The standard InChI is InChI=1S/C33H42ClFN8OS.CH4O/c1-22(36)4-2-5-24-16-27(31(35)28(34)17-24)29-18-25-20-43(33(44)41-32(25)40-29)26-8-6-23(7-9-26)19-38-10-3-11-39-30(37)21-42-12-14-45-15-13-42;1-2/h6-9,16-18,20,22,38H,2-5,10-15,19,21,36H2,1H3,(H2,37,39)(H,40,41,44);2H,1H3. The summed E-state index contributed by atoms with van der Waals surface area (Å²) in [5.74, 6) is 2.53. The van der Waals surface area contributed by atoms with Crippen LogP contribution in [0.5, 0.6) is 0 Å². The van der Waals surface area contributed by atoms with Gasteiger partial charge in [0.15, 0.2) is 5.82 Å². The maximum absolute atomic E-state index is 15.1. The lowest BCUT2D eigenvalue weighted by Crippen LogP contribution is -2.39. The summed E-state index contributed by atoms with van der Waals surface area (Å²) in [7, 11) is 1.00. The van der Waals surface area contributed by atoms with Crippen molar-refractivity contribution < 1.29 is 9.50 Å². The first-order chi connectivity index (χ1) is 22.8. The summed E-state index contributed by atoms with van der Waals surface area (Å²) in [6.07, 6.45) is 5.12. The average molecular weight is 685 g/mol. The number of aliphatic imine (C=N–C) groups is 1. The zero-order chi connectivity index (χ0) is 33.8. The number of nitrogens with two attached hydrogens (primary N) is 2. The van der Waals surface area contributed by atoms with Gasteiger partial charge in [0.2, 0.25) is 0 Å². The van der Waals surface area contributed by atoms with Gasteiger partial charge in [-0.25, -0.2) is 9.18 Å². The van der Waals surface area contributed by atoms with Crippen molar-refractivity contribution in [1.82, 2.24) is 24.8 Å². The summed E-state index contributed by atoms with van der Waals surface area (Å²) in [6, 6.07) is 13.1. The van der Waals surface area contributed by atoms with Gasteiger partial charge in [0.1, 0.15) is 11.5 Å². The van der Waals surface area contributed by atoms with Crippen LogP contribution in [-0.2, 0) is 13.0 Å². The van der Waals surface area contributed by atoms with Crippen LogP contribution in [0.1, 0.15) is 37.3 Å². The molecule has 2 aromatic carbocycles. The van der Waals surface area contributed by atoms with Gasteiger partial charge in [0.25, 0.3) is 0 Å². The topological polar surface area (TPSA) is 151 Å². The third-order valence-corrected chi connectivity index (χ3v) is 9.09. The Morgan fingerprint density at radius 1 is 1.17 bits per heavy atom. The Morgan fingerprint density at radius 3 is 2.64 bits per heavy atom. The monoisotopic (exact) mass is 684 g/mol. The van der Waals surface area contributed by atoms with Crippen molar-refractivity contribution in [3.63, 3.8) is 0 Å². The van der Waals surface area contributed by atoms with E-state index < -0.39 is 11.5 Å². The number of thioether (sulfide) groups is 1. The van der Waals surface area contributed by atoms with Gasteiger partial charge in [0.05, 0.1) is 22.9 Å². The zero-order valence-electron chi connectivity index (χ0n) is 27.1. The molecule has 0 amide bonds. The maximum Gasteiger partial charge on any atom is 0.354 e. The largest absolute Gasteiger partial charge is 0.400 e. The lowest BCUT2D eigenvalue weighted by atomic mass is 10.0. The van der Waals surface area contributed by atoms with Crippen molar-refractivity contribution in [3.05, 3.63) is 81.1 Å². The van der Waals surface area contributed by atoms with Crippen molar-refractivity contribution in [1.29, 1.82) is 0 Å². The fourth-order valence-electron chi connectivity index (χ4n) is 5.41. The summed E-state index contributed by atoms with van der Waals surface area (Å²) in [5.41, 5.74) is 15.5. The highest BCUT2D eigenvalue weighted by Crippen LogP contribution is 2.31. The van der Waals surface area contributed by atoms with Crippen LogP contribution < -0.4 is 22.5 Å². The van der Waals surface area contributed by atoms with E-state index in [1.165, 1.54) is 16.1 Å². The number of halogens is 2. The summed E-state index contributed by atoms with van der Waals surface area (Å²) < 4.78 is 16.6. The van der Waals surface area contributed by atoms with Gasteiger partial charge in [-0.3, -0.25) is 14.5 Å². The molecule has 13 heteroatoms. The van der Waals surface area contributed by atoms with E-state index in [9.17, 15) is 4.79 Å². The van der Waals surface area contributed by atoms with Crippen LogP contribution in [0.15, 0.2) is 58.4 Å². The van der Waals surface area contributed by atoms with Crippen LogP contribution in [-0.4, -0.2) is 87.8 Å². The third kappa shape index (κ3) is 10.6. The van der Waals surface area contributed by atoms with E-state index >= 15 is 4.39 Å². The van der Waals surface area contributed by atoms with Gasteiger partial charge in [-0.2, -0.15) is 16.7 Å². The molecular weight excluding hydrogens is 639 g/mol. The zero-order valence-corrected chi connectivity index (χ0v) is 28.7. The Morgan fingerprint density at radius 2 is 1.91 bits per heavy atom. The number of nitrogens with one attached hydrogen (secondary N) is 2. The van der Waals surface area contributed by atoms with E-state index in [0.717, 1.165) is 70.1 Å². The van der Waals surface area contributed by atoms with Crippen molar-refractivity contribution in [2.24, 2.45) is 16.5 Å². The number of aliphatic hydroxyl groups is 1. The molecule has 5 rings (SSSR count). The molecule has 1 aliphatic rings. The van der Waals surface area contributed by atoms with Crippen molar-refractivity contribution in [2.45, 2.75) is 45.2 Å². The number of aromatic amines is 1. The number of hydrogen-bond acceptors (Lipinski definition) is 8. The number of benzene rings is 2. The Balaban J connectivity index is 0.00000245.